The van der Waals surface area contributed by atoms with Crippen LogP contribution >= 0.6 is 0 Å². The number of methoxy groups -OCH3 is 1. The summed E-state index contributed by atoms with van der Waals surface area (Å²) >= 11 is 0. The highest BCUT2D eigenvalue weighted by molar-refractivity contribution is 5.72. The lowest BCUT2D eigenvalue weighted by molar-refractivity contribution is 0.416. The SMILES string of the molecule is C=Cc1ccc(OC)c(-c2cncnc2)c1. The molecule has 2 aromatic rings. The van der Waals surface area contributed by atoms with E-state index in [-0.39, 0.29) is 0 Å². The topological polar surface area (TPSA) is 35.0 Å². The highest BCUT2D eigenvalue weighted by Crippen LogP contribution is 2.30. The summed E-state index contributed by atoms with van der Waals surface area (Å²) in [6.07, 6.45) is 6.83. The van der Waals surface area contributed by atoms with E-state index in [4.69, 9.17) is 4.74 Å². The van der Waals surface area contributed by atoms with Crippen molar-refractivity contribution in [1.82, 2.24) is 9.97 Å². The van der Waals surface area contributed by atoms with E-state index < -0.39 is 0 Å². The average Bonchev–Trinajstić information content (AvgIpc) is 2.39. The Bertz CT molecular complexity index is 495. The molecular weight excluding hydrogens is 200 g/mol. The van der Waals surface area contributed by atoms with Gasteiger partial charge < -0.3 is 4.74 Å². The van der Waals surface area contributed by atoms with E-state index >= 15 is 0 Å². The van der Waals surface area contributed by atoms with Crippen LogP contribution in [-0.2, 0) is 0 Å². The van der Waals surface area contributed by atoms with Gasteiger partial charge in [-0.1, -0.05) is 18.7 Å². The zero-order valence-corrected chi connectivity index (χ0v) is 9.05. The van der Waals surface area contributed by atoms with Gasteiger partial charge in [0, 0.05) is 23.5 Å². The molecule has 16 heavy (non-hydrogen) atoms. The van der Waals surface area contributed by atoms with E-state index in [0.717, 1.165) is 22.4 Å². The van der Waals surface area contributed by atoms with Crippen molar-refractivity contribution < 1.29 is 4.74 Å². The number of rotatable bonds is 3. The largest absolute Gasteiger partial charge is 0.496 e. The molecule has 1 aromatic carbocycles. The molecule has 3 nitrogen and oxygen atoms in total. The van der Waals surface area contributed by atoms with Crippen molar-refractivity contribution in [2.24, 2.45) is 0 Å². The summed E-state index contributed by atoms with van der Waals surface area (Å²) in [5, 5.41) is 0. The number of benzene rings is 1. The van der Waals surface area contributed by atoms with Crippen LogP contribution in [0.1, 0.15) is 5.56 Å². The molecule has 0 aliphatic heterocycles. The second-order valence-corrected chi connectivity index (χ2v) is 3.29. The fraction of sp³-hybridized carbons (Fsp3) is 0.0769. The minimum absolute atomic E-state index is 0.806. The van der Waals surface area contributed by atoms with Crippen LogP contribution in [0.3, 0.4) is 0 Å². The van der Waals surface area contributed by atoms with Crippen LogP contribution in [-0.4, -0.2) is 17.1 Å². The standard InChI is InChI=1S/C13H12N2O/c1-3-10-4-5-13(16-2)12(6-10)11-7-14-9-15-8-11/h3-9H,1H2,2H3. The van der Waals surface area contributed by atoms with Gasteiger partial charge in [-0.3, -0.25) is 0 Å². The van der Waals surface area contributed by atoms with E-state index in [1.54, 1.807) is 25.6 Å². The number of hydrogen-bond donors (Lipinski definition) is 0. The Morgan fingerprint density at radius 3 is 2.62 bits per heavy atom. The predicted molar refractivity (Wildman–Crippen MR) is 64.1 cm³/mol. The highest BCUT2D eigenvalue weighted by atomic mass is 16.5. The first-order valence-electron chi connectivity index (χ1n) is 4.91. The Balaban J connectivity index is 2.57. The Labute approximate surface area is 94.4 Å². The van der Waals surface area contributed by atoms with Crippen LogP contribution in [0.15, 0.2) is 43.5 Å². The van der Waals surface area contributed by atoms with Crippen LogP contribution in [0.25, 0.3) is 17.2 Å². The molecule has 80 valence electrons. The molecule has 0 aliphatic rings. The fourth-order valence-electron chi connectivity index (χ4n) is 1.52. The smallest absolute Gasteiger partial charge is 0.126 e. The van der Waals surface area contributed by atoms with Crippen molar-refractivity contribution in [3.63, 3.8) is 0 Å². The molecule has 3 heteroatoms. The summed E-state index contributed by atoms with van der Waals surface area (Å²) < 4.78 is 5.31. The molecule has 2 rings (SSSR count). The number of hydrogen-bond acceptors (Lipinski definition) is 3. The maximum atomic E-state index is 5.31. The van der Waals surface area contributed by atoms with Gasteiger partial charge in [-0.2, -0.15) is 0 Å². The Morgan fingerprint density at radius 1 is 1.25 bits per heavy atom. The van der Waals surface area contributed by atoms with Crippen LogP contribution in [0.4, 0.5) is 0 Å². The van der Waals surface area contributed by atoms with E-state index in [2.05, 4.69) is 16.5 Å². The zero-order valence-electron chi connectivity index (χ0n) is 9.05. The minimum Gasteiger partial charge on any atom is -0.496 e. The second-order valence-electron chi connectivity index (χ2n) is 3.29. The highest BCUT2D eigenvalue weighted by Gasteiger charge is 2.06. The first-order chi connectivity index (χ1) is 7.85. The molecule has 0 amide bonds. The van der Waals surface area contributed by atoms with Gasteiger partial charge in [0.25, 0.3) is 0 Å². The molecule has 1 heterocycles. The Morgan fingerprint density at radius 2 is 2.00 bits per heavy atom. The summed E-state index contributed by atoms with van der Waals surface area (Å²) in [7, 11) is 1.65. The predicted octanol–water partition coefficient (Wildman–Crippen LogP) is 2.80. The van der Waals surface area contributed by atoms with Gasteiger partial charge in [-0.15, -0.1) is 0 Å². The van der Waals surface area contributed by atoms with E-state index in [1.165, 1.54) is 6.33 Å². The summed E-state index contributed by atoms with van der Waals surface area (Å²) in [5.41, 5.74) is 2.95. The monoisotopic (exact) mass is 212 g/mol. The molecule has 0 spiro atoms. The first kappa shape index (κ1) is 10.4. The molecule has 0 fully saturated rings. The van der Waals surface area contributed by atoms with Crippen molar-refractivity contribution in [3.8, 4) is 16.9 Å². The van der Waals surface area contributed by atoms with E-state index in [9.17, 15) is 0 Å². The molecule has 0 unspecified atom stereocenters. The van der Waals surface area contributed by atoms with Gasteiger partial charge in [-0.05, 0) is 17.7 Å². The fourth-order valence-corrected chi connectivity index (χ4v) is 1.52. The van der Waals surface area contributed by atoms with Crippen molar-refractivity contribution in [2.75, 3.05) is 7.11 Å². The molecule has 0 radical (unpaired) electrons. The number of nitrogens with zero attached hydrogens (tertiary/aromatic N) is 2. The second kappa shape index (κ2) is 4.57. The lowest BCUT2D eigenvalue weighted by atomic mass is 10.0. The van der Waals surface area contributed by atoms with Gasteiger partial charge >= 0.3 is 0 Å². The van der Waals surface area contributed by atoms with Gasteiger partial charge in [0.05, 0.1) is 7.11 Å². The van der Waals surface area contributed by atoms with Crippen molar-refractivity contribution in [3.05, 3.63) is 49.1 Å². The third kappa shape index (κ3) is 1.93. The Kier molecular flexibility index (Phi) is 2.96. The third-order valence-electron chi connectivity index (χ3n) is 2.33. The quantitative estimate of drug-likeness (QED) is 0.784. The molecule has 0 aliphatic carbocycles. The maximum absolute atomic E-state index is 5.31. The molecular formula is C13H12N2O. The third-order valence-corrected chi connectivity index (χ3v) is 2.33. The minimum atomic E-state index is 0.806. The van der Waals surface area contributed by atoms with Crippen LogP contribution in [0.2, 0.25) is 0 Å². The van der Waals surface area contributed by atoms with Gasteiger partial charge in [-0.25, -0.2) is 9.97 Å². The van der Waals surface area contributed by atoms with E-state index in [1.807, 2.05) is 18.2 Å². The number of ether oxygens (including phenoxy) is 1. The lowest BCUT2D eigenvalue weighted by Gasteiger charge is -2.08. The first-order valence-corrected chi connectivity index (χ1v) is 4.91. The van der Waals surface area contributed by atoms with Crippen LogP contribution < -0.4 is 4.74 Å². The van der Waals surface area contributed by atoms with Gasteiger partial charge in [0.1, 0.15) is 12.1 Å². The molecule has 0 N–H and O–H groups in total. The lowest BCUT2D eigenvalue weighted by Crippen LogP contribution is -1.90. The molecule has 1 aromatic heterocycles. The van der Waals surface area contributed by atoms with E-state index in [0.29, 0.717) is 0 Å². The summed E-state index contributed by atoms with van der Waals surface area (Å²) in [5.74, 6) is 0.806. The van der Waals surface area contributed by atoms with Gasteiger partial charge in [0.2, 0.25) is 0 Å². The Hall–Kier alpha value is -2.16. The molecule has 0 saturated heterocycles. The normalized spacial score (nSPS) is 9.81. The van der Waals surface area contributed by atoms with Crippen LogP contribution in [0.5, 0.6) is 5.75 Å². The van der Waals surface area contributed by atoms with Crippen LogP contribution in [0, 0.1) is 0 Å². The van der Waals surface area contributed by atoms with Crippen molar-refractivity contribution in [1.29, 1.82) is 0 Å². The maximum Gasteiger partial charge on any atom is 0.126 e. The van der Waals surface area contributed by atoms with Crippen molar-refractivity contribution in [2.45, 2.75) is 0 Å². The van der Waals surface area contributed by atoms with Gasteiger partial charge in [0.15, 0.2) is 0 Å². The van der Waals surface area contributed by atoms with Crippen molar-refractivity contribution >= 4 is 6.08 Å². The molecule has 0 saturated carbocycles. The summed E-state index contributed by atoms with van der Waals surface area (Å²) in [6.45, 7) is 3.75. The zero-order chi connectivity index (χ0) is 11.4. The number of aromatic nitrogens is 2. The molecule has 0 atom stereocenters. The summed E-state index contributed by atoms with van der Waals surface area (Å²) in [4.78, 5) is 8.00. The molecule has 0 bridgehead atoms. The average molecular weight is 212 g/mol. The summed E-state index contributed by atoms with van der Waals surface area (Å²) in [6, 6.07) is 5.88.